The average Bonchev–Trinajstić information content (AvgIpc) is 2.71. The van der Waals surface area contributed by atoms with E-state index in [-0.39, 0.29) is 23.7 Å². The summed E-state index contributed by atoms with van der Waals surface area (Å²) in [6.07, 6.45) is 1.13. The van der Waals surface area contributed by atoms with Crippen molar-refractivity contribution >= 4 is 50.7 Å². The number of rotatable bonds is 9. The first kappa shape index (κ1) is 28.9. The van der Waals surface area contributed by atoms with Gasteiger partial charge in [0, 0.05) is 22.1 Å². The summed E-state index contributed by atoms with van der Waals surface area (Å²) in [5.74, 6) is -1.90. The van der Waals surface area contributed by atoms with E-state index in [4.69, 9.17) is 23.2 Å². The summed E-state index contributed by atoms with van der Waals surface area (Å²) in [5, 5.41) is 3.55. The summed E-state index contributed by atoms with van der Waals surface area (Å²) < 4.78 is 40.2. The Kier molecular flexibility index (Phi) is 9.56. The van der Waals surface area contributed by atoms with Gasteiger partial charge in [0.2, 0.25) is 21.8 Å². The Bertz CT molecular complexity index is 1190. The number of nitrogens with one attached hydrogen (secondary N) is 1. The summed E-state index contributed by atoms with van der Waals surface area (Å²) in [4.78, 5) is 28.0. The Morgan fingerprint density at radius 2 is 1.74 bits per heavy atom. The fraction of sp³-hybridized carbons (Fsp3) is 0.417. The van der Waals surface area contributed by atoms with Crippen molar-refractivity contribution in [1.29, 1.82) is 0 Å². The third-order valence-corrected chi connectivity index (χ3v) is 6.75. The van der Waals surface area contributed by atoms with Crippen molar-refractivity contribution in [3.63, 3.8) is 0 Å². The monoisotopic (exact) mass is 545 g/mol. The van der Waals surface area contributed by atoms with Gasteiger partial charge in [0.25, 0.3) is 0 Å². The van der Waals surface area contributed by atoms with Gasteiger partial charge in [-0.3, -0.25) is 13.9 Å². The van der Waals surface area contributed by atoms with E-state index in [0.717, 1.165) is 12.3 Å². The van der Waals surface area contributed by atoms with Gasteiger partial charge in [0.05, 0.1) is 11.9 Å². The SMILES string of the molecule is CCC(C(=O)NC(C)(C)C)N(Cc1ccc(Cl)cc1Cl)C(=O)CN(c1ccccc1F)S(C)(=O)=O. The first-order valence-electron chi connectivity index (χ1n) is 10.9. The normalized spacial score (nSPS) is 12.7. The molecule has 0 aromatic heterocycles. The van der Waals surface area contributed by atoms with E-state index in [1.54, 1.807) is 19.1 Å². The second-order valence-electron chi connectivity index (χ2n) is 9.14. The lowest BCUT2D eigenvalue weighted by Gasteiger charge is -2.34. The Hall–Kier alpha value is -2.36. The number of sulfonamides is 1. The summed E-state index contributed by atoms with van der Waals surface area (Å²) in [6.45, 7) is 6.38. The van der Waals surface area contributed by atoms with Crippen LogP contribution in [0.5, 0.6) is 0 Å². The molecule has 0 aliphatic heterocycles. The minimum Gasteiger partial charge on any atom is -0.350 e. The van der Waals surface area contributed by atoms with E-state index >= 15 is 0 Å². The number of carbonyl (C=O) groups is 2. The molecule has 1 N–H and O–H groups in total. The van der Waals surface area contributed by atoms with Crippen LogP contribution in [0.3, 0.4) is 0 Å². The summed E-state index contributed by atoms with van der Waals surface area (Å²) >= 11 is 12.3. The number of carbonyl (C=O) groups excluding carboxylic acids is 2. The minimum atomic E-state index is -4.04. The van der Waals surface area contributed by atoms with Gasteiger partial charge in [-0.2, -0.15) is 0 Å². The van der Waals surface area contributed by atoms with Crippen molar-refractivity contribution in [2.75, 3.05) is 17.1 Å². The third kappa shape index (κ3) is 8.08. The van der Waals surface area contributed by atoms with Gasteiger partial charge in [-0.1, -0.05) is 48.3 Å². The van der Waals surface area contributed by atoms with E-state index in [1.807, 2.05) is 20.8 Å². The molecule has 192 valence electrons. The number of hydrogen-bond donors (Lipinski definition) is 1. The number of hydrogen-bond acceptors (Lipinski definition) is 4. The van der Waals surface area contributed by atoms with Crippen LogP contribution in [0.2, 0.25) is 10.0 Å². The average molecular weight is 546 g/mol. The largest absolute Gasteiger partial charge is 0.350 e. The zero-order chi connectivity index (χ0) is 26.6. The predicted molar refractivity (Wildman–Crippen MR) is 138 cm³/mol. The highest BCUT2D eigenvalue weighted by Gasteiger charge is 2.33. The number of para-hydroxylation sites is 1. The maximum absolute atomic E-state index is 14.5. The van der Waals surface area contributed by atoms with Gasteiger partial charge < -0.3 is 10.2 Å². The zero-order valence-corrected chi connectivity index (χ0v) is 22.6. The van der Waals surface area contributed by atoms with Gasteiger partial charge in [0.1, 0.15) is 18.4 Å². The Balaban J connectivity index is 2.51. The predicted octanol–water partition coefficient (Wildman–Crippen LogP) is 4.62. The van der Waals surface area contributed by atoms with Crippen molar-refractivity contribution in [3.05, 3.63) is 63.9 Å². The van der Waals surface area contributed by atoms with Crippen LogP contribution in [0.15, 0.2) is 42.5 Å². The molecule has 2 aromatic rings. The Morgan fingerprint density at radius 1 is 1.11 bits per heavy atom. The van der Waals surface area contributed by atoms with Gasteiger partial charge in [0.15, 0.2) is 0 Å². The maximum atomic E-state index is 14.5. The van der Waals surface area contributed by atoms with E-state index in [0.29, 0.717) is 14.9 Å². The summed E-state index contributed by atoms with van der Waals surface area (Å²) in [5.41, 5.74) is -0.313. The molecular formula is C24H30Cl2FN3O4S. The standard InChI is InChI=1S/C24H30Cl2FN3O4S/c1-6-20(23(32)28-24(2,3)4)29(14-16-11-12-17(25)13-18(16)26)22(31)15-30(35(5,33)34)21-10-8-7-9-19(21)27/h7-13,20H,6,14-15H2,1-5H3,(H,28,32). The Morgan fingerprint density at radius 3 is 2.26 bits per heavy atom. The molecule has 2 aromatic carbocycles. The molecule has 0 aliphatic rings. The molecule has 0 bridgehead atoms. The maximum Gasteiger partial charge on any atom is 0.244 e. The molecule has 0 saturated carbocycles. The fourth-order valence-electron chi connectivity index (χ4n) is 3.45. The molecule has 0 fully saturated rings. The van der Waals surface area contributed by atoms with Crippen LogP contribution < -0.4 is 9.62 Å². The van der Waals surface area contributed by atoms with Crippen LogP contribution in [0, 0.1) is 5.82 Å². The van der Waals surface area contributed by atoms with Gasteiger partial charge in [-0.05, 0) is 57.0 Å². The third-order valence-electron chi connectivity index (χ3n) is 5.04. The molecule has 11 heteroatoms. The lowest BCUT2D eigenvalue weighted by Crippen LogP contribution is -2.55. The molecule has 7 nitrogen and oxygen atoms in total. The number of benzene rings is 2. The van der Waals surface area contributed by atoms with Crippen LogP contribution in [-0.4, -0.2) is 49.5 Å². The van der Waals surface area contributed by atoms with Crippen LogP contribution in [0.4, 0.5) is 10.1 Å². The van der Waals surface area contributed by atoms with Crippen molar-refractivity contribution < 1.29 is 22.4 Å². The van der Waals surface area contributed by atoms with E-state index in [2.05, 4.69) is 5.32 Å². The molecule has 35 heavy (non-hydrogen) atoms. The number of anilines is 1. The minimum absolute atomic E-state index is 0.0836. The first-order valence-corrected chi connectivity index (χ1v) is 13.5. The quantitative estimate of drug-likeness (QED) is 0.498. The molecule has 0 radical (unpaired) electrons. The number of nitrogens with zero attached hydrogens (tertiary/aromatic N) is 2. The smallest absolute Gasteiger partial charge is 0.244 e. The van der Waals surface area contributed by atoms with E-state index < -0.39 is 45.8 Å². The molecule has 2 amide bonds. The summed E-state index contributed by atoms with van der Waals surface area (Å²) in [7, 11) is -4.04. The molecule has 0 spiro atoms. The second kappa shape index (κ2) is 11.6. The zero-order valence-electron chi connectivity index (χ0n) is 20.3. The highest BCUT2D eigenvalue weighted by atomic mass is 35.5. The van der Waals surface area contributed by atoms with Crippen LogP contribution >= 0.6 is 23.2 Å². The van der Waals surface area contributed by atoms with E-state index in [9.17, 15) is 22.4 Å². The highest BCUT2D eigenvalue weighted by molar-refractivity contribution is 7.92. The number of amides is 2. The molecule has 0 heterocycles. The molecule has 0 aliphatic carbocycles. The van der Waals surface area contributed by atoms with Crippen molar-refractivity contribution in [3.8, 4) is 0 Å². The van der Waals surface area contributed by atoms with Gasteiger partial charge in [-0.15, -0.1) is 0 Å². The fourth-order valence-corrected chi connectivity index (χ4v) is 4.77. The van der Waals surface area contributed by atoms with Gasteiger partial charge in [-0.25, -0.2) is 12.8 Å². The van der Waals surface area contributed by atoms with Crippen molar-refractivity contribution in [2.24, 2.45) is 0 Å². The molecule has 1 unspecified atom stereocenters. The first-order chi connectivity index (χ1) is 16.1. The van der Waals surface area contributed by atoms with E-state index in [1.165, 1.54) is 29.2 Å². The second-order valence-corrected chi connectivity index (χ2v) is 11.9. The lowest BCUT2D eigenvalue weighted by atomic mass is 10.1. The van der Waals surface area contributed by atoms with Gasteiger partial charge >= 0.3 is 0 Å². The molecule has 1 atom stereocenters. The number of halogens is 3. The van der Waals surface area contributed by atoms with Crippen molar-refractivity contribution in [2.45, 2.75) is 52.2 Å². The Labute approximate surface area is 216 Å². The molecule has 0 saturated heterocycles. The van der Waals surface area contributed by atoms with Crippen LogP contribution in [0.25, 0.3) is 0 Å². The topological polar surface area (TPSA) is 86.8 Å². The summed E-state index contributed by atoms with van der Waals surface area (Å²) in [6, 6.07) is 9.07. The molecular weight excluding hydrogens is 516 g/mol. The highest BCUT2D eigenvalue weighted by Crippen LogP contribution is 2.26. The molecule has 2 rings (SSSR count). The van der Waals surface area contributed by atoms with Crippen molar-refractivity contribution in [1.82, 2.24) is 10.2 Å². The van der Waals surface area contributed by atoms with Crippen LogP contribution in [-0.2, 0) is 26.2 Å². The van der Waals surface area contributed by atoms with Crippen LogP contribution in [0.1, 0.15) is 39.7 Å². The lowest BCUT2D eigenvalue weighted by molar-refractivity contribution is -0.141.